The molecule has 0 spiro atoms. The molecule has 2 saturated carbocycles. The van der Waals surface area contributed by atoms with Gasteiger partial charge in [-0.3, -0.25) is 14.7 Å². The van der Waals surface area contributed by atoms with E-state index in [1.54, 1.807) is 6.07 Å². The van der Waals surface area contributed by atoms with Gasteiger partial charge >= 0.3 is 0 Å². The van der Waals surface area contributed by atoms with E-state index in [1.165, 1.54) is 25.9 Å². The fourth-order valence-corrected chi connectivity index (χ4v) is 9.07. The number of nitrogens with one attached hydrogen (secondary N) is 1. The van der Waals surface area contributed by atoms with Gasteiger partial charge in [0.05, 0.1) is 18.5 Å². The number of hydrogen-bond acceptors (Lipinski definition) is 5. The van der Waals surface area contributed by atoms with Gasteiger partial charge in [0, 0.05) is 66.0 Å². The minimum atomic E-state index is -0.253. The Labute approximate surface area is 259 Å². The standard InChI is InChI=1S/C34H42BrN5O2/c1-33(2)31(34(3,4)32(33)42-25-13-15-28(36-5)27(35)20-25)40-21-29-26(30(40)41)14-10-23(38-29)9-6-22-7-11-24(12-8-22)39-18-16-37-17-19-39/h10,13-15,20,22,24,26,29,31-32,37H,7-8,11-12,16-19,21H2,1-4H3. The summed E-state index contributed by atoms with van der Waals surface area (Å²) in [7, 11) is 0. The van der Waals surface area contributed by atoms with Crippen LogP contribution in [0.25, 0.3) is 4.85 Å². The number of carbonyl (C=O) groups is 1. The summed E-state index contributed by atoms with van der Waals surface area (Å²) in [5.74, 6) is 8.02. The summed E-state index contributed by atoms with van der Waals surface area (Å²) in [6.45, 7) is 21.2. The smallest absolute Gasteiger partial charge is 0.232 e. The van der Waals surface area contributed by atoms with E-state index >= 15 is 0 Å². The molecule has 1 aromatic carbocycles. The number of benzene rings is 1. The quantitative estimate of drug-likeness (QED) is 0.353. The van der Waals surface area contributed by atoms with Crippen molar-refractivity contribution >= 4 is 33.2 Å². The first kappa shape index (κ1) is 29.4. The Balaban J connectivity index is 1.09. The van der Waals surface area contributed by atoms with E-state index in [-0.39, 0.29) is 40.8 Å². The number of fused-ring (bicyclic) bond motifs is 1. The number of halogens is 1. The largest absolute Gasteiger partial charge is 0.489 e. The molecule has 2 atom stereocenters. The molecule has 222 valence electrons. The van der Waals surface area contributed by atoms with Crippen LogP contribution in [0.1, 0.15) is 53.4 Å². The average molecular weight is 633 g/mol. The number of rotatable bonds is 4. The summed E-state index contributed by atoms with van der Waals surface area (Å²) >= 11 is 3.48. The fraction of sp³-hybridized carbons (Fsp3) is 0.618. The Kier molecular flexibility index (Phi) is 8.02. The number of hydrogen-bond donors (Lipinski definition) is 1. The Morgan fingerprint density at radius 1 is 1.12 bits per heavy atom. The summed E-state index contributed by atoms with van der Waals surface area (Å²) in [4.78, 5) is 26.9. The second kappa shape index (κ2) is 11.5. The lowest BCUT2D eigenvalue weighted by Crippen LogP contribution is -2.75. The Morgan fingerprint density at radius 2 is 1.83 bits per heavy atom. The number of ether oxygens (including phenoxy) is 1. The molecule has 3 aliphatic heterocycles. The first-order valence-corrected chi connectivity index (χ1v) is 16.3. The van der Waals surface area contributed by atoms with Crippen LogP contribution in [0, 0.1) is 41.1 Å². The lowest BCUT2D eigenvalue weighted by Gasteiger charge is -2.65. The van der Waals surface area contributed by atoms with Crippen molar-refractivity contribution in [2.24, 2.45) is 27.7 Å². The number of carbonyl (C=O) groups excluding carboxylic acids is 1. The maximum atomic E-state index is 13.7. The fourth-order valence-electron chi connectivity index (χ4n) is 8.63. The van der Waals surface area contributed by atoms with Crippen molar-refractivity contribution in [3.63, 3.8) is 0 Å². The highest BCUT2D eigenvalue weighted by Gasteiger charge is 2.67. The van der Waals surface area contributed by atoms with Crippen molar-refractivity contribution in [2.45, 2.75) is 77.6 Å². The van der Waals surface area contributed by atoms with Crippen LogP contribution < -0.4 is 10.1 Å². The van der Waals surface area contributed by atoms with E-state index in [2.05, 4.69) is 75.4 Å². The Hall–Kier alpha value is -2.65. The predicted octanol–water partition coefficient (Wildman–Crippen LogP) is 5.49. The second-order valence-electron chi connectivity index (χ2n) is 13.8. The normalized spacial score (nSPS) is 33.5. The van der Waals surface area contributed by atoms with Gasteiger partial charge in [0.25, 0.3) is 0 Å². The third-order valence-electron chi connectivity index (χ3n) is 10.3. The van der Waals surface area contributed by atoms with Gasteiger partial charge in [-0.2, -0.15) is 0 Å². The van der Waals surface area contributed by atoms with E-state index in [4.69, 9.17) is 16.3 Å². The van der Waals surface area contributed by atoms with Crippen molar-refractivity contribution in [3.8, 4) is 17.6 Å². The number of likely N-dealkylation sites (tertiary alicyclic amines) is 1. The van der Waals surface area contributed by atoms with Crippen LogP contribution in [-0.2, 0) is 4.79 Å². The maximum Gasteiger partial charge on any atom is 0.232 e. The molecule has 4 fully saturated rings. The SMILES string of the molecule is [C-]#[N+]c1ccc(OC2C(C)(C)C(N3CC4N=C(C#CC5CCC(N6CCNCC6)CC5)C=CC4C3=O)C2(C)C)cc1Br. The molecule has 6 rings (SSSR count). The van der Waals surface area contributed by atoms with Crippen molar-refractivity contribution in [2.75, 3.05) is 32.7 Å². The van der Waals surface area contributed by atoms with Gasteiger partial charge in [-0.15, -0.1) is 0 Å². The molecule has 1 aromatic rings. The van der Waals surface area contributed by atoms with Gasteiger partial charge in [0.1, 0.15) is 17.6 Å². The van der Waals surface area contributed by atoms with Crippen molar-refractivity contribution in [1.82, 2.24) is 15.1 Å². The highest BCUT2D eigenvalue weighted by Crippen LogP contribution is 2.59. The van der Waals surface area contributed by atoms with Gasteiger partial charge in [0.2, 0.25) is 11.6 Å². The van der Waals surface area contributed by atoms with Crippen LogP contribution in [0.3, 0.4) is 0 Å². The van der Waals surface area contributed by atoms with Gasteiger partial charge < -0.3 is 15.0 Å². The molecule has 5 aliphatic rings. The zero-order chi connectivity index (χ0) is 29.6. The number of piperazine rings is 1. The van der Waals surface area contributed by atoms with Crippen LogP contribution >= 0.6 is 15.9 Å². The highest BCUT2D eigenvalue weighted by molar-refractivity contribution is 9.10. The minimum absolute atomic E-state index is 0.0306. The van der Waals surface area contributed by atoms with Crippen molar-refractivity contribution in [1.29, 1.82) is 0 Å². The molecule has 8 heteroatoms. The van der Waals surface area contributed by atoms with E-state index in [0.29, 0.717) is 24.2 Å². The van der Waals surface area contributed by atoms with Gasteiger partial charge in [-0.05, 0) is 49.8 Å². The summed E-state index contributed by atoms with van der Waals surface area (Å²) in [6, 6.07) is 6.16. The van der Waals surface area contributed by atoms with Crippen molar-refractivity contribution in [3.05, 3.63) is 46.2 Å². The molecular formula is C34H42BrN5O2. The molecule has 42 heavy (non-hydrogen) atoms. The molecule has 1 amide bonds. The lowest BCUT2D eigenvalue weighted by molar-refractivity contribution is -0.208. The van der Waals surface area contributed by atoms with Crippen LogP contribution in [-0.4, -0.2) is 78.4 Å². The Morgan fingerprint density at radius 3 is 2.50 bits per heavy atom. The van der Waals surface area contributed by atoms with Gasteiger partial charge in [-0.1, -0.05) is 61.7 Å². The molecule has 2 saturated heterocycles. The minimum Gasteiger partial charge on any atom is -0.489 e. The molecular weight excluding hydrogens is 590 g/mol. The monoisotopic (exact) mass is 631 g/mol. The molecule has 7 nitrogen and oxygen atoms in total. The molecule has 0 bridgehead atoms. The first-order valence-electron chi connectivity index (χ1n) is 15.5. The number of allylic oxidation sites excluding steroid dienone is 1. The molecule has 2 aliphatic carbocycles. The molecule has 0 radical (unpaired) electrons. The number of nitrogens with zero attached hydrogens (tertiary/aromatic N) is 4. The third kappa shape index (κ3) is 5.32. The van der Waals surface area contributed by atoms with Crippen LogP contribution in [0.4, 0.5) is 5.69 Å². The second-order valence-corrected chi connectivity index (χ2v) is 14.6. The topological polar surface area (TPSA) is 61.5 Å². The van der Waals surface area contributed by atoms with E-state index < -0.39 is 0 Å². The van der Waals surface area contributed by atoms with Gasteiger partial charge in [0.15, 0.2) is 0 Å². The summed E-state index contributed by atoms with van der Waals surface area (Å²) in [5.41, 5.74) is 0.874. The Bertz CT molecular complexity index is 1370. The molecule has 0 aromatic heterocycles. The number of dihydropyridines is 1. The van der Waals surface area contributed by atoms with Crippen LogP contribution in [0.2, 0.25) is 0 Å². The highest BCUT2D eigenvalue weighted by atomic mass is 79.9. The summed E-state index contributed by atoms with van der Waals surface area (Å²) in [5, 5.41) is 3.45. The zero-order valence-corrected chi connectivity index (χ0v) is 26.8. The number of amides is 1. The van der Waals surface area contributed by atoms with E-state index in [9.17, 15) is 4.79 Å². The lowest BCUT2D eigenvalue weighted by atomic mass is 9.49. The van der Waals surface area contributed by atoms with Gasteiger partial charge in [-0.25, -0.2) is 4.85 Å². The third-order valence-corrected chi connectivity index (χ3v) is 10.9. The summed E-state index contributed by atoms with van der Waals surface area (Å²) in [6.07, 6.45) is 8.70. The number of aliphatic imine (C=N–C) groups is 1. The van der Waals surface area contributed by atoms with Crippen LogP contribution in [0.5, 0.6) is 5.75 Å². The average Bonchev–Trinajstić information content (AvgIpc) is 3.29. The maximum absolute atomic E-state index is 13.7. The zero-order valence-electron chi connectivity index (χ0n) is 25.2. The molecule has 1 N–H and O–H groups in total. The molecule has 3 heterocycles. The van der Waals surface area contributed by atoms with Crippen molar-refractivity contribution < 1.29 is 9.53 Å². The summed E-state index contributed by atoms with van der Waals surface area (Å²) < 4.78 is 7.24. The van der Waals surface area contributed by atoms with Crippen LogP contribution in [0.15, 0.2) is 39.8 Å². The molecule has 2 unspecified atom stereocenters. The first-order chi connectivity index (χ1) is 20.1. The predicted molar refractivity (Wildman–Crippen MR) is 170 cm³/mol. The van der Waals surface area contributed by atoms with E-state index in [1.807, 2.05) is 24.3 Å². The van der Waals surface area contributed by atoms with E-state index in [0.717, 1.165) is 41.9 Å².